The minimum absolute atomic E-state index is 0.261. The highest BCUT2D eigenvalue weighted by Crippen LogP contribution is 1.97. The molecular formula is C4H4OS. The van der Waals surface area contributed by atoms with Gasteiger partial charge in [0.15, 0.2) is 5.76 Å². The Labute approximate surface area is 39.6 Å². The van der Waals surface area contributed by atoms with Crippen LogP contribution in [0.3, 0.4) is 0 Å². The minimum Gasteiger partial charge on any atom is -0.501 e. The Morgan fingerprint density at radius 3 is 2.83 bits per heavy atom. The standard InChI is InChI=1S/C4H4OS/c5-4-1-2-6-3-4/h1-2,5-6H. The number of thiol groups is 1. The Balaban J connectivity index is 2.98. The van der Waals surface area contributed by atoms with Crippen molar-refractivity contribution >= 4 is 16.4 Å². The first kappa shape index (κ1) is 3.72. The molecule has 0 spiro atoms. The molecule has 1 heterocycles. The SMILES string of the molecule is OC1=C=[SH]C=C1. The maximum atomic E-state index is 8.44. The zero-order chi connectivity index (χ0) is 4.41. The van der Waals surface area contributed by atoms with Gasteiger partial charge in [-0.3, -0.25) is 0 Å². The van der Waals surface area contributed by atoms with Gasteiger partial charge in [0.05, 0.1) is 0 Å². The van der Waals surface area contributed by atoms with Gasteiger partial charge in [0.25, 0.3) is 0 Å². The van der Waals surface area contributed by atoms with E-state index in [0.717, 1.165) is 11.4 Å². The molecule has 1 nitrogen and oxygen atoms in total. The first-order valence-electron chi connectivity index (χ1n) is 1.58. The van der Waals surface area contributed by atoms with Crippen molar-refractivity contribution < 1.29 is 5.11 Å². The highest BCUT2D eigenvalue weighted by Gasteiger charge is 1.80. The van der Waals surface area contributed by atoms with Crippen LogP contribution in [0, 0.1) is 0 Å². The number of allylic oxidation sites excluding steroid dienone is 1. The van der Waals surface area contributed by atoms with Crippen LogP contribution in [0.4, 0.5) is 0 Å². The van der Waals surface area contributed by atoms with E-state index in [9.17, 15) is 0 Å². The van der Waals surface area contributed by atoms with Gasteiger partial charge in [-0.15, -0.1) is 11.4 Å². The Kier molecular flexibility index (Phi) is 0.825. The molecule has 32 valence electrons. The summed E-state index contributed by atoms with van der Waals surface area (Å²) in [6, 6.07) is 0. The number of rotatable bonds is 0. The maximum absolute atomic E-state index is 8.44. The minimum atomic E-state index is 0.261. The summed E-state index contributed by atoms with van der Waals surface area (Å²) in [6.45, 7) is 0. The fourth-order valence-electron chi connectivity index (χ4n) is 0.249. The van der Waals surface area contributed by atoms with Crippen molar-refractivity contribution in [1.29, 1.82) is 0 Å². The van der Waals surface area contributed by atoms with Crippen LogP contribution in [0.25, 0.3) is 0 Å². The molecule has 0 saturated carbocycles. The molecule has 2 heteroatoms. The predicted octanol–water partition coefficient (Wildman–Crippen LogP) is 0.822. The smallest absolute Gasteiger partial charge is 0.165 e. The highest BCUT2D eigenvalue weighted by atomic mass is 32.1. The summed E-state index contributed by atoms with van der Waals surface area (Å²) in [5, 5.41) is 12.9. The maximum Gasteiger partial charge on any atom is 0.165 e. The molecule has 1 aliphatic rings. The average molecular weight is 100 g/mol. The van der Waals surface area contributed by atoms with Crippen LogP contribution in [0.1, 0.15) is 0 Å². The summed E-state index contributed by atoms with van der Waals surface area (Å²) in [7, 11) is 0. The molecule has 0 amide bonds. The van der Waals surface area contributed by atoms with Crippen molar-refractivity contribution in [3.63, 3.8) is 0 Å². The van der Waals surface area contributed by atoms with Crippen LogP contribution >= 0.6 is 11.4 Å². The molecular weight excluding hydrogens is 96.1 g/mol. The van der Waals surface area contributed by atoms with E-state index < -0.39 is 0 Å². The molecule has 0 fully saturated rings. The van der Waals surface area contributed by atoms with Gasteiger partial charge in [0, 0.05) is 0 Å². The largest absolute Gasteiger partial charge is 0.501 e. The Morgan fingerprint density at radius 1 is 1.83 bits per heavy atom. The zero-order valence-corrected chi connectivity index (χ0v) is 3.94. The molecule has 6 heavy (non-hydrogen) atoms. The predicted molar refractivity (Wildman–Crippen MR) is 29.3 cm³/mol. The molecule has 1 rings (SSSR count). The lowest BCUT2D eigenvalue weighted by atomic mass is 10.6. The van der Waals surface area contributed by atoms with Crippen LogP contribution in [0.5, 0.6) is 0 Å². The molecule has 0 radical (unpaired) electrons. The van der Waals surface area contributed by atoms with E-state index >= 15 is 0 Å². The van der Waals surface area contributed by atoms with Gasteiger partial charge in [-0.2, -0.15) is 0 Å². The number of hydrogen-bond acceptors (Lipinski definition) is 1. The normalized spacial score (nSPS) is 17.0. The van der Waals surface area contributed by atoms with Crippen LogP contribution in [0.15, 0.2) is 17.2 Å². The van der Waals surface area contributed by atoms with E-state index in [2.05, 4.69) is 5.02 Å². The fraction of sp³-hybridized carbons (Fsp3) is 0. The van der Waals surface area contributed by atoms with E-state index in [0.29, 0.717) is 0 Å². The lowest BCUT2D eigenvalue weighted by Gasteiger charge is -1.69. The zero-order valence-electron chi connectivity index (χ0n) is 3.05. The van der Waals surface area contributed by atoms with E-state index in [4.69, 9.17) is 5.11 Å². The molecule has 0 unspecified atom stereocenters. The molecule has 0 saturated heterocycles. The van der Waals surface area contributed by atoms with Gasteiger partial charge in [-0.25, -0.2) is 0 Å². The van der Waals surface area contributed by atoms with Crippen molar-refractivity contribution in [3.05, 3.63) is 17.2 Å². The monoisotopic (exact) mass is 100.0 g/mol. The lowest BCUT2D eigenvalue weighted by molar-refractivity contribution is 0.442. The third-order valence-corrected chi connectivity index (χ3v) is 1.14. The van der Waals surface area contributed by atoms with Crippen LogP contribution in [0.2, 0.25) is 0 Å². The third kappa shape index (κ3) is 0.534. The number of aliphatic hydroxyl groups is 1. The molecule has 1 aliphatic heterocycles. The molecule has 0 aromatic rings. The second-order valence-electron chi connectivity index (χ2n) is 0.942. The average Bonchev–Trinajstić information content (AvgIpc) is 1.86. The van der Waals surface area contributed by atoms with Gasteiger partial charge in [-0.05, 0) is 16.5 Å². The number of hydrogen-bond donors (Lipinski definition) is 2. The molecule has 0 atom stereocenters. The third-order valence-electron chi connectivity index (χ3n) is 0.486. The Hall–Kier alpha value is -0.460. The van der Waals surface area contributed by atoms with Crippen molar-refractivity contribution in [2.24, 2.45) is 0 Å². The summed E-state index contributed by atoms with van der Waals surface area (Å²) in [6.07, 6.45) is 1.63. The summed E-state index contributed by atoms with van der Waals surface area (Å²) in [5.41, 5.74) is 0. The topological polar surface area (TPSA) is 20.2 Å². The summed E-state index contributed by atoms with van der Waals surface area (Å²) in [4.78, 5) is 0. The van der Waals surface area contributed by atoms with E-state index in [1.807, 2.05) is 5.41 Å². The first-order chi connectivity index (χ1) is 2.89. The molecule has 1 N–H and O–H groups in total. The van der Waals surface area contributed by atoms with E-state index in [1.54, 1.807) is 6.08 Å². The highest BCUT2D eigenvalue weighted by molar-refractivity contribution is 8.00. The molecule has 0 bridgehead atoms. The van der Waals surface area contributed by atoms with Gasteiger partial charge in [0.2, 0.25) is 0 Å². The van der Waals surface area contributed by atoms with Gasteiger partial charge >= 0.3 is 0 Å². The summed E-state index contributed by atoms with van der Waals surface area (Å²) < 4.78 is 0. The van der Waals surface area contributed by atoms with Crippen LogP contribution < -0.4 is 0 Å². The quantitative estimate of drug-likeness (QED) is 0.341. The van der Waals surface area contributed by atoms with Crippen molar-refractivity contribution in [3.8, 4) is 0 Å². The molecule has 0 aliphatic carbocycles. The van der Waals surface area contributed by atoms with E-state index in [1.165, 1.54) is 0 Å². The first-order valence-corrected chi connectivity index (χ1v) is 2.54. The Bertz CT molecular complexity index is 140. The van der Waals surface area contributed by atoms with Gasteiger partial charge < -0.3 is 5.11 Å². The lowest BCUT2D eigenvalue weighted by Crippen LogP contribution is -1.63. The second-order valence-corrected chi connectivity index (χ2v) is 1.72. The summed E-state index contributed by atoms with van der Waals surface area (Å²) in [5.74, 6) is 0.261. The summed E-state index contributed by atoms with van der Waals surface area (Å²) >= 11 is 0.968. The van der Waals surface area contributed by atoms with Crippen LogP contribution in [-0.2, 0) is 0 Å². The van der Waals surface area contributed by atoms with Crippen molar-refractivity contribution in [2.75, 3.05) is 0 Å². The van der Waals surface area contributed by atoms with Gasteiger partial charge in [0.1, 0.15) is 0 Å². The molecule has 0 aromatic heterocycles. The van der Waals surface area contributed by atoms with Gasteiger partial charge in [-0.1, -0.05) is 0 Å². The Morgan fingerprint density at radius 2 is 2.67 bits per heavy atom. The van der Waals surface area contributed by atoms with Crippen molar-refractivity contribution in [1.82, 2.24) is 0 Å². The second kappa shape index (κ2) is 1.33. The number of aliphatic hydroxyl groups excluding tert-OH is 1. The molecule has 0 aromatic carbocycles. The van der Waals surface area contributed by atoms with Crippen LogP contribution in [-0.4, -0.2) is 10.1 Å². The fourth-order valence-corrected chi connectivity index (χ4v) is 0.746. The van der Waals surface area contributed by atoms with E-state index in [-0.39, 0.29) is 5.76 Å². The van der Waals surface area contributed by atoms with Crippen molar-refractivity contribution in [2.45, 2.75) is 0 Å².